The van der Waals surface area contributed by atoms with Crippen LogP contribution in [0.3, 0.4) is 0 Å². The molecule has 1 N–H and O–H groups in total. The summed E-state index contributed by atoms with van der Waals surface area (Å²) < 4.78 is 2.17. The smallest absolute Gasteiger partial charge is 0.0593 e. The topological polar surface area (TPSA) is 29.9 Å². The molecule has 1 aromatic rings. The van der Waals surface area contributed by atoms with Gasteiger partial charge in [-0.2, -0.15) is 5.10 Å². The van der Waals surface area contributed by atoms with Crippen LogP contribution in [-0.4, -0.2) is 22.4 Å². The highest BCUT2D eigenvalue weighted by Crippen LogP contribution is 2.61. The van der Waals surface area contributed by atoms with E-state index >= 15 is 0 Å². The number of nitrogens with zero attached hydrogens (tertiary/aromatic N) is 2. The molecule has 0 aliphatic heterocycles. The van der Waals surface area contributed by atoms with Crippen molar-refractivity contribution in [2.24, 2.45) is 23.2 Å². The predicted octanol–water partition coefficient (Wildman–Crippen LogP) is 3.39. The third kappa shape index (κ3) is 2.44. The van der Waals surface area contributed by atoms with E-state index in [1.165, 1.54) is 38.5 Å². The summed E-state index contributed by atoms with van der Waals surface area (Å²) in [5, 5.41) is 8.47. The molecule has 0 saturated heterocycles. The number of hydrogen-bond donors (Lipinski definition) is 1. The minimum atomic E-state index is 0.560. The fourth-order valence-corrected chi connectivity index (χ4v) is 6.08. The summed E-state index contributed by atoms with van der Waals surface area (Å²) in [6.45, 7) is 6.46. The van der Waals surface area contributed by atoms with Crippen LogP contribution in [0.2, 0.25) is 0 Å². The molecule has 0 amide bonds. The Morgan fingerprint density at radius 2 is 1.86 bits per heavy atom. The van der Waals surface area contributed by atoms with Gasteiger partial charge in [-0.1, -0.05) is 6.92 Å². The first-order chi connectivity index (χ1) is 10.2. The van der Waals surface area contributed by atoms with Crippen LogP contribution in [0, 0.1) is 30.1 Å². The Morgan fingerprint density at radius 1 is 1.24 bits per heavy atom. The lowest BCUT2D eigenvalue weighted by molar-refractivity contribution is -0.0769. The minimum Gasteiger partial charge on any atom is -0.312 e. The highest BCUT2D eigenvalue weighted by atomic mass is 15.3. The number of hydrogen-bond acceptors (Lipinski definition) is 2. The van der Waals surface area contributed by atoms with E-state index in [1.54, 1.807) is 0 Å². The molecule has 3 nitrogen and oxygen atoms in total. The zero-order valence-electron chi connectivity index (χ0n) is 13.5. The molecule has 0 spiro atoms. The van der Waals surface area contributed by atoms with Crippen molar-refractivity contribution < 1.29 is 0 Å². The van der Waals surface area contributed by atoms with Crippen molar-refractivity contribution in [2.45, 2.75) is 65.0 Å². The summed E-state index contributed by atoms with van der Waals surface area (Å²) >= 11 is 0. The fourth-order valence-electron chi connectivity index (χ4n) is 6.08. The quantitative estimate of drug-likeness (QED) is 0.899. The van der Waals surface area contributed by atoms with Crippen molar-refractivity contribution in [1.82, 2.24) is 15.1 Å². The van der Waals surface area contributed by atoms with Gasteiger partial charge in [-0.15, -0.1) is 0 Å². The number of aryl methyl sites for hydroxylation is 1. The summed E-state index contributed by atoms with van der Waals surface area (Å²) in [5.74, 6) is 3.07. The van der Waals surface area contributed by atoms with E-state index in [0.717, 1.165) is 36.5 Å². The van der Waals surface area contributed by atoms with Gasteiger partial charge < -0.3 is 5.32 Å². The number of rotatable bonds is 5. The van der Waals surface area contributed by atoms with Gasteiger partial charge in [0.2, 0.25) is 0 Å². The molecule has 4 aliphatic carbocycles. The largest absolute Gasteiger partial charge is 0.312 e. The predicted molar refractivity (Wildman–Crippen MR) is 85.0 cm³/mol. The van der Waals surface area contributed by atoms with E-state index in [1.807, 2.05) is 0 Å². The lowest BCUT2D eigenvalue weighted by atomic mass is 9.47. The van der Waals surface area contributed by atoms with Gasteiger partial charge in [0.05, 0.1) is 12.2 Å². The molecule has 5 rings (SSSR count). The molecular weight excluding hydrogens is 258 g/mol. The Labute approximate surface area is 128 Å². The van der Waals surface area contributed by atoms with E-state index in [4.69, 9.17) is 0 Å². The molecule has 4 fully saturated rings. The van der Waals surface area contributed by atoms with E-state index in [-0.39, 0.29) is 0 Å². The van der Waals surface area contributed by atoms with Crippen LogP contribution in [0.25, 0.3) is 0 Å². The maximum absolute atomic E-state index is 4.64. The molecule has 1 atom stereocenters. The summed E-state index contributed by atoms with van der Waals surface area (Å²) in [6, 6.07) is 2.73. The van der Waals surface area contributed by atoms with E-state index in [9.17, 15) is 0 Å². The zero-order chi connectivity index (χ0) is 14.4. The first-order valence-electron chi connectivity index (χ1n) is 8.90. The minimum absolute atomic E-state index is 0.560. The van der Waals surface area contributed by atoms with Crippen LogP contribution in [0.15, 0.2) is 12.3 Å². The van der Waals surface area contributed by atoms with Crippen LogP contribution in [0.4, 0.5) is 0 Å². The molecule has 1 aromatic heterocycles. The van der Waals surface area contributed by atoms with Crippen molar-refractivity contribution in [3.8, 4) is 0 Å². The van der Waals surface area contributed by atoms with Crippen LogP contribution in [0.1, 0.15) is 51.1 Å². The van der Waals surface area contributed by atoms with E-state index in [0.29, 0.717) is 11.5 Å². The normalized spacial score (nSPS) is 38.9. The molecule has 21 heavy (non-hydrogen) atoms. The van der Waals surface area contributed by atoms with Crippen LogP contribution < -0.4 is 5.32 Å². The molecule has 1 unspecified atom stereocenters. The van der Waals surface area contributed by atoms with Crippen molar-refractivity contribution in [2.75, 3.05) is 6.54 Å². The SMILES string of the molecule is CCNC(Cn1ccc(C)n1)C12CC3CC(CC(C3)C1)C2. The van der Waals surface area contributed by atoms with Crippen molar-refractivity contribution in [3.63, 3.8) is 0 Å². The zero-order valence-corrected chi connectivity index (χ0v) is 13.5. The molecule has 0 radical (unpaired) electrons. The molecule has 116 valence electrons. The van der Waals surface area contributed by atoms with Gasteiger partial charge in [0, 0.05) is 12.2 Å². The second-order valence-electron chi connectivity index (χ2n) is 8.07. The maximum Gasteiger partial charge on any atom is 0.0593 e. The van der Waals surface area contributed by atoms with Crippen molar-refractivity contribution in [1.29, 1.82) is 0 Å². The highest BCUT2D eigenvalue weighted by molar-refractivity contribution is 5.06. The molecule has 0 aromatic carbocycles. The van der Waals surface area contributed by atoms with Crippen LogP contribution >= 0.6 is 0 Å². The van der Waals surface area contributed by atoms with Crippen LogP contribution in [0.5, 0.6) is 0 Å². The van der Waals surface area contributed by atoms with E-state index in [2.05, 4.69) is 41.2 Å². The van der Waals surface area contributed by atoms with Gasteiger partial charge in [-0.05, 0) is 81.2 Å². The highest BCUT2D eigenvalue weighted by Gasteiger charge is 2.53. The Balaban J connectivity index is 1.58. The molecule has 1 heterocycles. The fraction of sp³-hybridized carbons (Fsp3) is 0.833. The molecular formula is C18H29N3. The molecule has 4 saturated carbocycles. The number of nitrogens with one attached hydrogen (secondary N) is 1. The third-order valence-electron chi connectivity index (χ3n) is 6.42. The monoisotopic (exact) mass is 287 g/mol. The van der Waals surface area contributed by atoms with Crippen molar-refractivity contribution >= 4 is 0 Å². The van der Waals surface area contributed by atoms with Crippen LogP contribution in [-0.2, 0) is 6.54 Å². The number of likely N-dealkylation sites (N-methyl/N-ethyl adjacent to an activating group) is 1. The maximum atomic E-state index is 4.64. The first-order valence-corrected chi connectivity index (χ1v) is 8.90. The molecule has 4 aliphatic rings. The molecule has 4 bridgehead atoms. The Kier molecular flexibility index (Phi) is 3.36. The summed E-state index contributed by atoms with van der Waals surface area (Å²) in [5.41, 5.74) is 1.70. The molecule has 3 heteroatoms. The summed E-state index contributed by atoms with van der Waals surface area (Å²) in [6.07, 6.45) is 11.1. The van der Waals surface area contributed by atoms with Crippen molar-refractivity contribution in [3.05, 3.63) is 18.0 Å². The lowest BCUT2D eigenvalue weighted by Crippen LogP contribution is -2.57. The Bertz CT molecular complexity index is 469. The van der Waals surface area contributed by atoms with Gasteiger partial charge >= 0.3 is 0 Å². The standard InChI is InChI=1S/C18H29N3/c1-3-19-17(12-21-5-4-13(2)20-21)18-9-14-6-15(10-18)8-16(7-14)11-18/h4-5,14-17,19H,3,6-12H2,1-2H3. The third-order valence-corrected chi connectivity index (χ3v) is 6.42. The summed E-state index contributed by atoms with van der Waals surface area (Å²) in [4.78, 5) is 0. The average molecular weight is 287 g/mol. The van der Waals surface area contributed by atoms with Gasteiger partial charge in [-0.25, -0.2) is 0 Å². The van der Waals surface area contributed by atoms with Gasteiger partial charge in [0.15, 0.2) is 0 Å². The number of aromatic nitrogens is 2. The first kappa shape index (κ1) is 13.8. The van der Waals surface area contributed by atoms with Gasteiger partial charge in [-0.3, -0.25) is 4.68 Å². The summed E-state index contributed by atoms with van der Waals surface area (Å²) in [7, 11) is 0. The second-order valence-corrected chi connectivity index (χ2v) is 8.07. The van der Waals surface area contributed by atoms with E-state index < -0.39 is 0 Å². The second kappa shape index (κ2) is 5.12. The average Bonchev–Trinajstić information content (AvgIpc) is 2.82. The van der Waals surface area contributed by atoms with Gasteiger partial charge in [0.1, 0.15) is 0 Å². The lowest BCUT2D eigenvalue weighted by Gasteiger charge is -2.59. The Morgan fingerprint density at radius 3 is 2.33 bits per heavy atom. The van der Waals surface area contributed by atoms with Gasteiger partial charge in [0.25, 0.3) is 0 Å². The Hall–Kier alpha value is -0.830.